The van der Waals surface area contributed by atoms with Gasteiger partial charge in [-0.1, -0.05) is 32.9 Å². The van der Waals surface area contributed by atoms with E-state index in [1.807, 2.05) is 0 Å². The minimum Gasteiger partial charge on any atom is -0.375 e. The van der Waals surface area contributed by atoms with E-state index >= 15 is 0 Å². The molecule has 0 spiro atoms. The highest BCUT2D eigenvalue weighted by atomic mass is 32.2. The Bertz CT molecular complexity index is 755. The van der Waals surface area contributed by atoms with Crippen LogP contribution >= 0.6 is 52.2 Å². The van der Waals surface area contributed by atoms with Gasteiger partial charge >= 0.3 is 0 Å². The third-order valence-corrected chi connectivity index (χ3v) is 8.36. The lowest BCUT2D eigenvalue weighted by molar-refractivity contribution is -0.152. The van der Waals surface area contributed by atoms with Crippen molar-refractivity contribution in [3.05, 3.63) is 34.4 Å². The van der Waals surface area contributed by atoms with E-state index in [0.717, 1.165) is 58.4 Å². The molecule has 212 valence electrons. The highest BCUT2D eigenvalue weighted by molar-refractivity contribution is 7.99. The van der Waals surface area contributed by atoms with Crippen LogP contribution in [0.2, 0.25) is 0 Å². The highest BCUT2D eigenvalue weighted by Crippen LogP contribution is 2.49. The molecule has 0 aliphatic carbocycles. The number of rotatable bonds is 13. The number of halogens is 1. The first-order chi connectivity index (χ1) is 15.9. The molecule has 0 unspecified atom stereocenters. The first-order valence-corrected chi connectivity index (χ1v) is 14.2. The average molecular weight is 581 g/mol. The Morgan fingerprint density at radius 2 is 1.86 bits per heavy atom. The van der Waals surface area contributed by atoms with Gasteiger partial charge in [-0.05, 0) is 80.5 Å². The summed E-state index contributed by atoms with van der Waals surface area (Å²) in [5.41, 5.74) is 5.80. The fourth-order valence-corrected chi connectivity index (χ4v) is 6.33. The number of fused-ring (bicyclic) bond motifs is 3. The van der Waals surface area contributed by atoms with Gasteiger partial charge in [0.25, 0.3) is 0 Å². The van der Waals surface area contributed by atoms with E-state index in [4.69, 9.17) is 9.47 Å². The van der Waals surface area contributed by atoms with E-state index in [0.29, 0.717) is 29.6 Å². The molecule has 3 nitrogen and oxygen atoms in total. The largest absolute Gasteiger partial charge is 0.375 e. The molecule has 0 bridgehead atoms. The highest BCUT2D eigenvalue weighted by Gasteiger charge is 2.49. The quantitative estimate of drug-likeness (QED) is 0.181. The molecular weight excluding hydrogens is 529 g/mol. The Labute approximate surface area is 245 Å². The van der Waals surface area contributed by atoms with Crippen LogP contribution in [0.5, 0.6) is 0 Å². The normalized spacial score (nSPS) is 23.2. The Morgan fingerprint density at radius 1 is 1.14 bits per heavy atom. The van der Waals surface area contributed by atoms with Crippen molar-refractivity contribution in [1.29, 1.82) is 0 Å². The monoisotopic (exact) mass is 580 g/mol. The number of piperidine rings is 1. The van der Waals surface area contributed by atoms with E-state index < -0.39 is 0 Å². The van der Waals surface area contributed by atoms with E-state index in [-0.39, 0.29) is 52.8 Å². The molecule has 2 aliphatic heterocycles. The Morgan fingerprint density at radius 3 is 2.53 bits per heavy atom. The second kappa shape index (κ2) is 17.9. The Kier molecular flexibility index (Phi) is 18.1. The number of alkyl halides is 1. The molecule has 1 aromatic rings. The van der Waals surface area contributed by atoms with Crippen LogP contribution in [-0.4, -0.2) is 55.2 Å². The average Bonchev–Trinajstić information content (AvgIpc) is 2.78. The molecule has 2 aliphatic rings. The fourth-order valence-electron chi connectivity index (χ4n) is 5.87. The third-order valence-electron chi connectivity index (χ3n) is 7.59. The van der Waals surface area contributed by atoms with Crippen molar-refractivity contribution in [3.63, 3.8) is 0 Å². The summed E-state index contributed by atoms with van der Waals surface area (Å²) in [5.74, 6) is 2.32. The third kappa shape index (κ3) is 9.56. The first-order valence-electron chi connectivity index (χ1n) is 13.1. The van der Waals surface area contributed by atoms with Gasteiger partial charge in [-0.3, -0.25) is 9.29 Å². The lowest BCUT2D eigenvalue weighted by Gasteiger charge is -2.54. The molecule has 1 fully saturated rings. The van der Waals surface area contributed by atoms with Gasteiger partial charge in [-0.25, -0.2) is 0 Å². The molecule has 0 radical (unpaired) electrons. The number of ether oxygens (including phenoxy) is 2. The summed E-state index contributed by atoms with van der Waals surface area (Å²) >= 11 is 1.54. The minimum absolute atomic E-state index is 0. The molecule has 8 heteroatoms. The van der Waals surface area contributed by atoms with Gasteiger partial charge in [0, 0.05) is 44.0 Å². The zero-order valence-corrected chi connectivity index (χ0v) is 26.9. The van der Waals surface area contributed by atoms with Gasteiger partial charge in [-0.15, -0.1) is 11.8 Å². The van der Waals surface area contributed by atoms with Crippen molar-refractivity contribution in [3.8, 4) is 0 Å². The summed E-state index contributed by atoms with van der Waals surface area (Å²) in [6, 6.07) is 5.34. The van der Waals surface area contributed by atoms with E-state index in [1.54, 1.807) is 5.56 Å². The van der Waals surface area contributed by atoms with Crippen LogP contribution in [-0.2, 0) is 15.9 Å². The molecular formula is C28H52FNO2S4. The lowest BCUT2D eigenvalue weighted by Crippen LogP contribution is -2.56. The van der Waals surface area contributed by atoms with Gasteiger partial charge < -0.3 is 9.47 Å². The van der Waals surface area contributed by atoms with Crippen molar-refractivity contribution in [2.45, 2.75) is 84.8 Å². The van der Waals surface area contributed by atoms with E-state index in [2.05, 4.69) is 51.7 Å². The molecule has 0 amide bonds. The van der Waals surface area contributed by atoms with Gasteiger partial charge in [0.1, 0.15) is 0 Å². The molecule has 0 saturated carbocycles. The van der Waals surface area contributed by atoms with Crippen molar-refractivity contribution >= 4 is 52.2 Å². The molecule has 0 N–H and O–H groups in total. The second-order valence-electron chi connectivity index (χ2n) is 10.6. The van der Waals surface area contributed by atoms with Crippen molar-refractivity contribution in [1.82, 2.24) is 4.90 Å². The van der Waals surface area contributed by atoms with Gasteiger partial charge in [0.2, 0.25) is 0 Å². The zero-order chi connectivity index (χ0) is 23.8. The minimum atomic E-state index is -0.281. The predicted octanol–water partition coefficient (Wildman–Crippen LogP) is 7.23. The maximum absolute atomic E-state index is 12.3. The zero-order valence-electron chi connectivity index (χ0n) is 23.1. The van der Waals surface area contributed by atoms with Crippen LogP contribution in [0.3, 0.4) is 0 Å². The van der Waals surface area contributed by atoms with E-state index in [9.17, 15) is 4.39 Å². The standard InChI is InChI=1S/C28H46FNO2S.3H2S/c1-6-12-32-28(9-7-13-31-20-33-14-10-29)18-27-26-17-23(5)22(4)16-24(26)8-11-30(27)19-25(28)15-21(2)3;;;/h16-17,21,25,27H,6-15,18-20H2,1-5H3;3*1H2/t25-,27-,28-;;;/m0.../s1/i29-1;;;. The van der Waals surface area contributed by atoms with Gasteiger partial charge in [0.15, 0.2) is 0 Å². The number of hydrogen-bond acceptors (Lipinski definition) is 4. The summed E-state index contributed by atoms with van der Waals surface area (Å²) in [6.07, 6.45) is 6.55. The summed E-state index contributed by atoms with van der Waals surface area (Å²) < 4.78 is 25.0. The van der Waals surface area contributed by atoms with Gasteiger partial charge in [-0.2, -0.15) is 40.5 Å². The number of thioether (sulfide) groups is 1. The van der Waals surface area contributed by atoms with Crippen LogP contribution in [0.4, 0.5) is 4.39 Å². The van der Waals surface area contributed by atoms with Crippen LogP contribution < -0.4 is 0 Å². The molecule has 1 saturated heterocycles. The summed E-state index contributed by atoms with van der Waals surface area (Å²) in [7, 11) is 0. The summed E-state index contributed by atoms with van der Waals surface area (Å²) in [5, 5.41) is 0. The number of nitrogens with zero attached hydrogens (tertiary/aromatic N) is 1. The van der Waals surface area contributed by atoms with Crippen molar-refractivity contribution in [2.24, 2.45) is 11.8 Å². The number of benzene rings is 1. The van der Waals surface area contributed by atoms with Gasteiger partial charge in [0.05, 0.1) is 18.2 Å². The van der Waals surface area contributed by atoms with Crippen LogP contribution in [0.1, 0.15) is 81.2 Å². The topological polar surface area (TPSA) is 21.7 Å². The molecule has 3 atom stereocenters. The smallest absolute Gasteiger partial charge is 0.0985 e. The number of aryl methyl sites for hydroxylation is 2. The maximum Gasteiger partial charge on any atom is 0.0985 e. The van der Waals surface area contributed by atoms with Crippen molar-refractivity contribution in [2.75, 3.05) is 44.7 Å². The summed E-state index contributed by atoms with van der Waals surface area (Å²) in [6.45, 7) is 15.0. The molecule has 3 rings (SSSR count). The molecule has 2 heterocycles. The van der Waals surface area contributed by atoms with E-state index in [1.165, 1.54) is 34.9 Å². The molecule has 36 heavy (non-hydrogen) atoms. The fraction of sp³-hybridized carbons (Fsp3) is 0.786. The lowest BCUT2D eigenvalue weighted by atomic mass is 9.69. The summed E-state index contributed by atoms with van der Waals surface area (Å²) in [4.78, 5) is 2.75. The SMILES string of the molecule is CCCO[C@@]1(CCCOCSCC[18F])C[C@H]2c3cc(C)c(C)cc3CCN2C[C@@H]1CC(C)C.S.S.S. The van der Waals surface area contributed by atoms with Crippen molar-refractivity contribution < 1.29 is 13.9 Å². The first kappa shape index (κ1) is 36.4. The second-order valence-corrected chi connectivity index (χ2v) is 11.6. The van der Waals surface area contributed by atoms with Crippen LogP contribution in [0.15, 0.2) is 12.1 Å². The number of hydrogen-bond donors (Lipinski definition) is 0. The molecule has 1 aromatic carbocycles. The Hall–Kier alpha value is 0.430. The molecule has 0 aromatic heterocycles. The van der Waals surface area contributed by atoms with Crippen LogP contribution in [0.25, 0.3) is 0 Å². The Balaban J connectivity index is 0.00000408. The predicted molar refractivity (Wildman–Crippen MR) is 170 cm³/mol. The maximum atomic E-state index is 12.3. The van der Waals surface area contributed by atoms with Crippen LogP contribution in [0, 0.1) is 25.7 Å².